The molecule has 0 saturated carbocycles. The van der Waals surface area contributed by atoms with Gasteiger partial charge in [-0.1, -0.05) is 31.5 Å². The number of aromatic nitrogens is 1. The molecule has 0 aliphatic rings. The minimum Gasteiger partial charge on any atom is -0.454 e. The lowest BCUT2D eigenvalue weighted by molar-refractivity contribution is 0.657. The van der Waals surface area contributed by atoms with Crippen LogP contribution in [0.3, 0.4) is 0 Å². The Morgan fingerprint density at radius 3 is 2.71 bits per heavy atom. The first-order valence-electron chi connectivity index (χ1n) is 6.48. The fraction of sp³-hybridized carbons (Fsp3) is 0.188. The molecule has 0 fully saturated rings. The van der Waals surface area contributed by atoms with Crippen molar-refractivity contribution in [1.82, 2.24) is 4.98 Å². The smallest absolute Gasteiger partial charge is 0.219 e. The Hall–Kier alpha value is -2.38. The monoisotopic (exact) mass is 298 g/mol. The molecule has 0 aliphatic heterocycles. The fourth-order valence-corrected chi connectivity index (χ4v) is 2.39. The van der Waals surface area contributed by atoms with E-state index in [1.165, 1.54) is 6.07 Å². The summed E-state index contributed by atoms with van der Waals surface area (Å²) in [5, 5.41) is 9.45. The van der Waals surface area contributed by atoms with Gasteiger partial charge in [-0.15, -0.1) is 0 Å². The Balaban J connectivity index is 2.44. The average molecular weight is 299 g/mol. The molecule has 0 N–H and O–H groups in total. The Bertz CT molecular complexity index is 968. The van der Waals surface area contributed by atoms with E-state index in [4.69, 9.17) is 21.3 Å². The second-order valence-electron chi connectivity index (χ2n) is 5.13. The predicted molar refractivity (Wildman–Crippen MR) is 81.6 cm³/mol. The van der Waals surface area contributed by atoms with Crippen molar-refractivity contribution in [2.75, 3.05) is 0 Å². The number of nitrogens with zero attached hydrogens (tertiary/aromatic N) is 2. The van der Waals surface area contributed by atoms with Crippen molar-refractivity contribution in [3.05, 3.63) is 50.8 Å². The summed E-state index contributed by atoms with van der Waals surface area (Å²) in [4.78, 5) is 16.6. The topological polar surface area (TPSA) is 66.9 Å². The van der Waals surface area contributed by atoms with Crippen LogP contribution in [-0.2, 0) is 0 Å². The van der Waals surface area contributed by atoms with Crippen LogP contribution < -0.4 is 5.43 Å². The molecule has 104 valence electrons. The highest BCUT2D eigenvalue weighted by Crippen LogP contribution is 2.24. The van der Waals surface area contributed by atoms with E-state index < -0.39 is 0 Å². The van der Waals surface area contributed by atoms with Crippen LogP contribution in [0.2, 0.25) is 5.15 Å². The highest BCUT2D eigenvalue weighted by molar-refractivity contribution is 6.31. The van der Waals surface area contributed by atoms with Gasteiger partial charge in [0.25, 0.3) is 0 Å². The fourth-order valence-electron chi connectivity index (χ4n) is 2.21. The molecule has 0 saturated heterocycles. The minimum absolute atomic E-state index is 0.0108. The third-order valence-electron chi connectivity index (χ3n) is 3.41. The van der Waals surface area contributed by atoms with Crippen molar-refractivity contribution >= 4 is 33.7 Å². The summed E-state index contributed by atoms with van der Waals surface area (Å²) >= 11 is 5.89. The highest BCUT2D eigenvalue weighted by atomic mass is 35.5. The van der Waals surface area contributed by atoms with Crippen LogP contribution in [0.4, 0.5) is 0 Å². The zero-order valence-corrected chi connectivity index (χ0v) is 12.2. The van der Waals surface area contributed by atoms with Gasteiger partial charge in [-0.3, -0.25) is 4.79 Å². The van der Waals surface area contributed by atoms with Crippen molar-refractivity contribution in [2.45, 2.75) is 19.8 Å². The van der Waals surface area contributed by atoms with E-state index in [0.717, 1.165) is 5.56 Å². The maximum Gasteiger partial charge on any atom is 0.219 e. The van der Waals surface area contributed by atoms with Crippen molar-refractivity contribution < 1.29 is 4.42 Å². The van der Waals surface area contributed by atoms with Crippen molar-refractivity contribution in [3.63, 3.8) is 0 Å². The van der Waals surface area contributed by atoms with Crippen molar-refractivity contribution in [3.8, 4) is 6.07 Å². The normalized spacial score (nSPS) is 11.2. The van der Waals surface area contributed by atoms with Gasteiger partial charge in [-0.25, -0.2) is 4.98 Å². The summed E-state index contributed by atoms with van der Waals surface area (Å²) in [6.45, 7) is 4.11. The predicted octanol–water partition coefficient (Wildman–Crippen LogP) is 3.99. The zero-order valence-electron chi connectivity index (χ0n) is 11.5. The molecule has 0 aliphatic carbocycles. The standard InChI is InChI=1S/C16H11ClN2O2/c1-8(2)9-3-4-12-11(5-9)15(20)14-13(21-12)6-10(7-18)16(17)19-14/h3-6,8H,1-2H3. The number of hydrogen-bond acceptors (Lipinski definition) is 4. The molecule has 3 aromatic rings. The first-order valence-corrected chi connectivity index (χ1v) is 6.86. The maximum atomic E-state index is 12.6. The minimum atomic E-state index is -0.236. The van der Waals surface area contributed by atoms with E-state index in [2.05, 4.69) is 18.8 Å². The number of benzene rings is 1. The molecule has 4 nitrogen and oxygen atoms in total. The van der Waals surface area contributed by atoms with Gasteiger partial charge in [-0.05, 0) is 23.6 Å². The average Bonchev–Trinajstić information content (AvgIpc) is 2.47. The summed E-state index contributed by atoms with van der Waals surface area (Å²) in [6, 6.07) is 8.88. The quantitative estimate of drug-likeness (QED) is 0.503. The molecule has 1 aromatic carbocycles. The van der Waals surface area contributed by atoms with E-state index in [-0.39, 0.29) is 27.2 Å². The molecular weight excluding hydrogens is 288 g/mol. The SMILES string of the molecule is CC(C)c1ccc2oc3cc(C#N)c(Cl)nc3c(=O)c2c1. The molecule has 2 aromatic heterocycles. The van der Waals surface area contributed by atoms with Crippen LogP contribution in [0.1, 0.15) is 30.9 Å². The molecule has 5 heteroatoms. The van der Waals surface area contributed by atoms with Gasteiger partial charge in [-0.2, -0.15) is 5.26 Å². The second-order valence-corrected chi connectivity index (χ2v) is 5.48. The van der Waals surface area contributed by atoms with Crippen LogP contribution in [0.5, 0.6) is 0 Å². The van der Waals surface area contributed by atoms with E-state index >= 15 is 0 Å². The van der Waals surface area contributed by atoms with Gasteiger partial charge < -0.3 is 4.42 Å². The van der Waals surface area contributed by atoms with Gasteiger partial charge in [0.2, 0.25) is 5.43 Å². The van der Waals surface area contributed by atoms with E-state index in [9.17, 15) is 4.79 Å². The van der Waals surface area contributed by atoms with Gasteiger partial charge >= 0.3 is 0 Å². The lowest BCUT2D eigenvalue weighted by Crippen LogP contribution is -2.05. The number of pyridine rings is 1. The van der Waals surface area contributed by atoms with Gasteiger partial charge in [0.1, 0.15) is 16.8 Å². The number of halogens is 1. The third-order valence-corrected chi connectivity index (χ3v) is 3.70. The lowest BCUT2D eigenvalue weighted by Gasteiger charge is -2.07. The van der Waals surface area contributed by atoms with E-state index in [1.807, 2.05) is 18.2 Å². The van der Waals surface area contributed by atoms with Gasteiger partial charge in [0.05, 0.1) is 10.9 Å². The molecule has 0 amide bonds. The molecule has 3 rings (SSSR count). The Labute approximate surface area is 125 Å². The van der Waals surface area contributed by atoms with Crippen LogP contribution >= 0.6 is 11.6 Å². The summed E-state index contributed by atoms with van der Waals surface area (Å²) in [6.07, 6.45) is 0. The third kappa shape index (κ3) is 2.16. The first kappa shape index (κ1) is 13.6. The molecular formula is C16H11ClN2O2. The van der Waals surface area contributed by atoms with E-state index in [1.54, 1.807) is 6.07 Å². The largest absolute Gasteiger partial charge is 0.454 e. The lowest BCUT2D eigenvalue weighted by atomic mass is 10.0. The summed E-state index contributed by atoms with van der Waals surface area (Å²) in [5.41, 5.74) is 1.89. The summed E-state index contributed by atoms with van der Waals surface area (Å²) in [5.74, 6) is 0.307. The Kier molecular flexibility index (Phi) is 3.15. The van der Waals surface area contributed by atoms with E-state index in [0.29, 0.717) is 16.9 Å². The van der Waals surface area contributed by atoms with Crippen LogP contribution in [-0.4, -0.2) is 4.98 Å². The molecule has 0 unspecified atom stereocenters. The summed E-state index contributed by atoms with van der Waals surface area (Å²) in [7, 11) is 0. The van der Waals surface area contributed by atoms with Crippen molar-refractivity contribution in [2.24, 2.45) is 0 Å². The first-order chi connectivity index (χ1) is 10.0. The second kappa shape index (κ2) is 4.87. The van der Waals surface area contributed by atoms with Crippen LogP contribution in [0.15, 0.2) is 33.5 Å². The van der Waals surface area contributed by atoms with Gasteiger partial charge in [0.15, 0.2) is 11.1 Å². The Morgan fingerprint density at radius 1 is 1.29 bits per heavy atom. The maximum absolute atomic E-state index is 12.6. The number of fused-ring (bicyclic) bond motifs is 2. The molecule has 0 radical (unpaired) electrons. The van der Waals surface area contributed by atoms with Crippen molar-refractivity contribution in [1.29, 1.82) is 5.26 Å². The number of hydrogen-bond donors (Lipinski definition) is 0. The Morgan fingerprint density at radius 2 is 2.05 bits per heavy atom. The molecule has 0 bridgehead atoms. The van der Waals surface area contributed by atoms with Crippen LogP contribution in [0, 0.1) is 11.3 Å². The molecule has 21 heavy (non-hydrogen) atoms. The van der Waals surface area contributed by atoms with Gasteiger partial charge in [0, 0.05) is 6.07 Å². The zero-order chi connectivity index (χ0) is 15.1. The summed E-state index contributed by atoms with van der Waals surface area (Å²) < 4.78 is 5.69. The molecule has 2 heterocycles. The molecule has 0 atom stereocenters. The highest BCUT2D eigenvalue weighted by Gasteiger charge is 2.13. The number of rotatable bonds is 1. The number of nitriles is 1. The molecule has 0 spiro atoms. The van der Waals surface area contributed by atoms with Crippen LogP contribution in [0.25, 0.3) is 22.1 Å².